The molecule has 5 N–H and O–H groups in total. The fourth-order valence-electron chi connectivity index (χ4n) is 12.9. The Hall–Kier alpha value is -12.2. The van der Waals surface area contributed by atoms with Crippen molar-refractivity contribution in [1.82, 2.24) is 24.9 Å². The van der Waals surface area contributed by atoms with Crippen LogP contribution in [0.3, 0.4) is 0 Å². The van der Waals surface area contributed by atoms with E-state index in [1.807, 2.05) is 123 Å². The maximum absolute atomic E-state index is 13.3. The number of ether oxygens (including phenoxy) is 1. The molecule has 0 aliphatic rings. The molecule has 5 heterocycles. The standard InChI is InChI=1S/C18H15FNO.C18H15FN.2C17H12F2N.C16H10F2N.5C5H8O2.5Ir/c1-11-6-12(2)8-14(7-11)18-17(21-3)10-13-9-15(19)4-5-16(13)20-18;1-11-6-12(2)8-15(7-11)18-13(3)9-14-10-16(19)4-5-17(14)20-18;1-10-5-11(2)7-13(6-10)16-4-3-12-8-14(18)15(19)9-17(12)20-16;1-10-3-4-12(7-11(10)2)16-6-5-13-8-14(18)15(19)9-17(13)20-16;1-10-3-2-4-11(7-10)15-6-5-12-8-13(17)14(18)9-16(12)19-15;5*1-4(6)3-5(2)7;;;;;/h4-7,9-10H,1-3H3;4-7,9-10H,1-3H3;3-6,8-9H,1-2H3;3,5-9H,1-2H3;2-3,5-9H,1H3;5*3,6H,1-2H3;;;;;/q5*-1;;;;;;;;;;. The molecule has 0 spiro atoms. The molecule has 0 atom stereocenters. The van der Waals surface area contributed by atoms with Crippen LogP contribution in [0.1, 0.15) is 125 Å². The van der Waals surface area contributed by atoms with Gasteiger partial charge < -0.3 is 30.3 Å². The summed E-state index contributed by atoms with van der Waals surface area (Å²) >= 11 is 0. The molecular formula is C111H104F8Ir5N5O11-5. The number of methoxy groups -OCH3 is 1. The topological polar surface area (TPSA) is 260 Å². The van der Waals surface area contributed by atoms with Crippen molar-refractivity contribution in [3.8, 4) is 62.0 Å². The number of allylic oxidation sites excluding steroid dienone is 10. The predicted molar refractivity (Wildman–Crippen MR) is 519 cm³/mol. The Bertz CT molecular complexity index is 6810. The van der Waals surface area contributed by atoms with Gasteiger partial charge in [-0.1, -0.05) is 110 Å². The van der Waals surface area contributed by atoms with Crippen molar-refractivity contribution < 1.29 is 190 Å². The average molecular weight is 2800 g/mol. The van der Waals surface area contributed by atoms with Crippen LogP contribution in [0.4, 0.5) is 35.1 Å². The number of hydrogen-bond acceptors (Lipinski definition) is 16. The third-order valence-corrected chi connectivity index (χ3v) is 18.3. The molecule has 5 aromatic heterocycles. The molecule has 29 heteroatoms. The second-order valence-corrected chi connectivity index (χ2v) is 31.6. The van der Waals surface area contributed by atoms with Crippen LogP contribution in [0.2, 0.25) is 0 Å². The van der Waals surface area contributed by atoms with E-state index in [-0.39, 0.29) is 170 Å². The monoisotopic (exact) mass is 2800 g/mol. The van der Waals surface area contributed by atoms with Gasteiger partial charge in [0.2, 0.25) is 0 Å². The second-order valence-electron chi connectivity index (χ2n) is 31.6. The zero-order valence-corrected chi connectivity index (χ0v) is 92.4. The van der Waals surface area contributed by atoms with E-state index < -0.39 is 34.9 Å². The van der Waals surface area contributed by atoms with E-state index in [1.54, 1.807) is 55.6 Å². The molecule has 0 saturated heterocycles. The van der Waals surface area contributed by atoms with Crippen molar-refractivity contribution >= 4 is 83.4 Å². The Morgan fingerprint density at radius 2 is 0.593 bits per heavy atom. The summed E-state index contributed by atoms with van der Waals surface area (Å²) in [5.41, 5.74) is 22.1. The Labute approximate surface area is 878 Å². The van der Waals surface area contributed by atoms with E-state index in [2.05, 4.69) is 80.4 Å². The van der Waals surface area contributed by atoms with Crippen molar-refractivity contribution in [3.63, 3.8) is 0 Å². The summed E-state index contributed by atoms with van der Waals surface area (Å²) in [5.74, 6) is -5.43. The normalized spacial score (nSPS) is 10.7. The molecule has 5 radical (unpaired) electrons. The average Bonchev–Trinajstić information content (AvgIpc) is 0.763. The van der Waals surface area contributed by atoms with Gasteiger partial charge in [-0.05, 0) is 160 Å². The summed E-state index contributed by atoms with van der Waals surface area (Å²) in [4.78, 5) is 72.5. The van der Waals surface area contributed by atoms with E-state index in [0.717, 1.165) is 147 Å². The van der Waals surface area contributed by atoms with Crippen molar-refractivity contribution in [2.45, 2.75) is 138 Å². The summed E-state index contributed by atoms with van der Waals surface area (Å²) < 4.78 is 111. The molecule has 10 aromatic carbocycles. The van der Waals surface area contributed by atoms with Gasteiger partial charge >= 0.3 is 0 Å². The minimum absolute atomic E-state index is 0. The number of ketones is 5. The fraction of sp³-hybridized carbons (Fsp3) is 0.189. The number of benzene rings is 10. The Balaban J connectivity index is 0.000000800. The minimum Gasteiger partial charge on any atom is -0.512 e. The van der Waals surface area contributed by atoms with Crippen LogP contribution >= 0.6 is 0 Å². The quantitative estimate of drug-likeness (QED) is 0.0349. The molecule has 0 aliphatic carbocycles. The van der Waals surface area contributed by atoms with E-state index in [4.69, 9.17) is 30.3 Å². The number of aliphatic hydroxyl groups is 5. The number of rotatable bonds is 11. The number of nitrogens with zero attached hydrogens (tertiary/aromatic N) is 5. The molecule has 0 fully saturated rings. The number of pyridine rings is 5. The molecular weight excluding hydrogens is 2690 g/mol. The fourth-order valence-corrected chi connectivity index (χ4v) is 12.9. The van der Waals surface area contributed by atoms with Crippen LogP contribution in [0, 0.1) is 146 Å². The summed E-state index contributed by atoms with van der Waals surface area (Å²) in [5, 5.41) is 45.1. The van der Waals surface area contributed by atoms with Gasteiger partial charge in [0.05, 0.1) is 63.5 Å². The number of aliphatic hydroxyl groups excluding tert-OH is 5. The molecule has 0 unspecified atom stereocenters. The van der Waals surface area contributed by atoms with Crippen molar-refractivity contribution in [3.05, 3.63) is 380 Å². The molecule has 0 bridgehead atoms. The predicted octanol–water partition coefficient (Wildman–Crippen LogP) is 27.9. The number of hydrogen-bond donors (Lipinski definition) is 5. The first-order valence-electron chi connectivity index (χ1n) is 41.8. The van der Waals surface area contributed by atoms with Gasteiger partial charge in [0.25, 0.3) is 0 Å². The van der Waals surface area contributed by atoms with Gasteiger partial charge in [-0.15, -0.1) is 175 Å². The van der Waals surface area contributed by atoms with Crippen LogP contribution in [0.5, 0.6) is 5.75 Å². The van der Waals surface area contributed by atoms with Gasteiger partial charge in [0, 0.05) is 182 Å². The van der Waals surface area contributed by atoms with Gasteiger partial charge in [0.1, 0.15) is 17.4 Å². The summed E-state index contributed by atoms with van der Waals surface area (Å²) in [7, 11) is 1.59. The number of fused-ring (bicyclic) bond motifs is 5. The molecule has 15 aromatic rings. The second kappa shape index (κ2) is 60.7. The van der Waals surface area contributed by atoms with Crippen molar-refractivity contribution in [2.75, 3.05) is 7.11 Å². The SMILES string of the molecule is CC(=O)C=C(C)O.CC(=O)C=C(C)O.CC(=O)C=C(C)O.CC(=O)C=C(C)O.CC(=O)C=C(C)O.COc1cc2cc(F)ccc2nc1-c1[c-]c(C)cc(C)c1.Cc1[c-]c(-c2ccc3cc(F)c(F)cc3n2)cc(C)c1.Cc1[c-]c(-c2nc3ccc(F)cc3cc2C)cc(C)c1.Cc1c[c-]c(-c2ccc3cc(F)c(F)cc3n2)cc1C.Cc1cc[c-]c(-c2ccc3cc(F)c(F)cc3n2)c1.[Ir].[Ir].[Ir].[Ir].[Ir]. The molecule has 0 saturated carbocycles. The molecule has 15 rings (SSSR count). The Kier molecular flexibility index (Phi) is 54.5. The Morgan fingerprint density at radius 3 is 0.914 bits per heavy atom. The van der Waals surface area contributed by atoms with Crippen LogP contribution in [0.15, 0.2) is 247 Å². The van der Waals surface area contributed by atoms with Crippen LogP contribution in [-0.4, -0.2) is 86.5 Å². The van der Waals surface area contributed by atoms with E-state index in [1.165, 1.54) is 129 Å². The van der Waals surface area contributed by atoms with E-state index >= 15 is 0 Å². The zero-order valence-electron chi connectivity index (χ0n) is 80.4. The molecule has 0 aliphatic heterocycles. The number of aryl methyl sites for hydroxylation is 10. The van der Waals surface area contributed by atoms with Crippen LogP contribution in [-0.2, 0) is 124 Å². The van der Waals surface area contributed by atoms with Crippen LogP contribution in [0.25, 0.3) is 111 Å². The first kappa shape index (κ1) is 126. The van der Waals surface area contributed by atoms with Gasteiger partial charge in [-0.2, -0.15) is 0 Å². The molecule has 745 valence electrons. The van der Waals surface area contributed by atoms with E-state index in [9.17, 15) is 59.1 Å². The first-order chi connectivity index (χ1) is 63.4. The summed E-state index contributed by atoms with van der Waals surface area (Å²) in [6.07, 6.45) is 5.83. The number of carbonyl (C=O) groups is 5. The number of carbonyl (C=O) groups excluding carboxylic acids is 5. The number of halogens is 8. The molecule has 16 nitrogen and oxygen atoms in total. The maximum atomic E-state index is 13.3. The molecule has 140 heavy (non-hydrogen) atoms. The Morgan fingerprint density at radius 1 is 0.286 bits per heavy atom. The van der Waals surface area contributed by atoms with E-state index in [0.29, 0.717) is 55.5 Å². The van der Waals surface area contributed by atoms with Crippen LogP contribution < -0.4 is 4.74 Å². The first-order valence-corrected chi connectivity index (χ1v) is 41.8. The largest absolute Gasteiger partial charge is 0.512 e. The smallest absolute Gasteiger partial charge is 0.160 e. The summed E-state index contributed by atoms with van der Waals surface area (Å²) in [6, 6.07) is 68.4. The van der Waals surface area contributed by atoms with Crippen molar-refractivity contribution in [1.29, 1.82) is 0 Å². The van der Waals surface area contributed by atoms with Crippen molar-refractivity contribution in [2.24, 2.45) is 0 Å². The maximum Gasteiger partial charge on any atom is 0.160 e. The van der Waals surface area contributed by atoms with Gasteiger partial charge in [-0.25, -0.2) is 35.1 Å². The van der Waals surface area contributed by atoms with Gasteiger partial charge in [-0.3, -0.25) is 48.9 Å². The molecule has 0 amide bonds. The number of aromatic nitrogens is 5. The third kappa shape index (κ3) is 42.9. The van der Waals surface area contributed by atoms with Gasteiger partial charge in [0.15, 0.2) is 63.8 Å². The summed E-state index contributed by atoms with van der Waals surface area (Å²) in [6.45, 7) is 34.3. The zero-order chi connectivity index (χ0) is 101. The third-order valence-electron chi connectivity index (χ3n) is 18.3. The minimum atomic E-state index is -0.884.